The monoisotopic (exact) mass is 298 g/mol. The van der Waals surface area contributed by atoms with Gasteiger partial charge in [0.15, 0.2) is 5.96 Å². The third-order valence-electron chi connectivity index (χ3n) is 2.70. The minimum absolute atomic E-state index is 0.752. The molecule has 0 amide bonds. The number of rotatable bonds is 9. The van der Waals surface area contributed by atoms with Gasteiger partial charge in [-0.25, -0.2) is 4.98 Å². The van der Waals surface area contributed by atoms with Crippen molar-refractivity contribution in [1.29, 1.82) is 0 Å². The number of nitrogens with one attached hydrogen (secondary N) is 2. The molecule has 0 spiro atoms. The van der Waals surface area contributed by atoms with E-state index in [-0.39, 0.29) is 0 Å². The van der Waals surface area contributed by atoms with Crippen molar-refractivity contribution < 1.29 is 4.74 Å². The molecule has 0 fully saturated rings. The number of thiazole rings is 1. The molecule has 0 saturated heterocycles. The Kier molecular flexibility index (Phi) is 8.98. The zero-order chi connectivity index (χ0) is 14.6. The Hall–Kier alpha value is -1.14. The summed E-state index contributed by atoms with van der Waals surface area (Å²) in [6.45, 7) is 7.48. The van der Waals surface area contributed by atoms with Crippen LogP contribution in [0.25, 0.3) is 0 Å². The van der Waals surface area contributed by atoms with Crippen molar-refractivity contribution in [2.24, 2.45) is 4.99 Å². The van der Waals surface area contributed by atoms with Crippen LogP contribution in [-0.2, 0) is 17.6 Å². The Balaban J connectivity index is 2.30. The maximum atomic E-state index is 5.02. The Bertz CT molecular complexity index is 392. The zero-order valence-corrected chi connectivity index (χ0v) is 13.6. The fourth-order valence-corrected chi connectivity index (χ4v) is 2.52. The third-order valence-corrected chi connectivity index (χ3v) is 3.90. The molecule has 0 aromatic carbocycles. The maximum Gasteiger partial charge on any atom is 0.191 e. The van der Waals surface area contributed by atoms with Gasteiger partial charge in [0, 0.05) is 50.8 Å². The fraction of sp³-hybridized carbons (Fsp3) is 0.714. The van der Waals surface area contributed by atoms with Crippen LogP contribution >= 0.6 is 11.3 Å². The zero-order valence-electron chi connectivity index (χ0n) is 12.7. The smallest absolute Gasteiger partial charge is 0.191 e. The Morgan fingerprint density at radius 1 is 1.40 bits per heavy atom. The van der Waals surface area contributed by atoms with E-state index in [1.165, 1.54) is 9.88 Å². The van der Waals surface area contributed by atoms with Gasteiger partial charge in [0.1, 0.15) is 0 Å². The van der Waals surface area contributed by atoms with Crippen LogP contribution < -0.4 is 10.6 Å². The maximum absolute atomic E-state index is 5.02. The number of hydrogen-bond acceptors (Lipinski definition) is 4. The van der Waals surface area contributed by atoms with Gasteiger partial charge in [-0.15, -0.1) is 11.3 Å². The highest BCUT2D eigenvalue weighted by Crippen LogP contribution is 2.13. The van der Waals surface area contributed by atoms with E-state index in [1.807, 2.05) is 6.20 Å². The molecule has 0 saturated carbocycles. The summed E-state index contributed by atoms with van der Waals surface area (Å²) in [7, 11) is 1.71. The van der Waals surface area contributed by atoms with E-state index >= 15 is 0 Å². The third kappa shape index (κ3) is 6.86. The normalized spacial score (nSPS) is 11.7. The van der Waals surface area contributed by atoms with Crippen LogP contribution in [0.3, 0.4) is 0 Å². The van der Waals surface area contributed by atoms with E-state index in [0.29, 0.717) is 0 Å². The number of ether oxygens (including phenoxy) is 1. The second-order valence-corrected chi connectivity index (χ2v) is 5.56. The molecule has 1 heterocycles. The summed E-state index contributed by atoms with van der Waals surface area (Å²) in [5.41, 5.74) is 0. The lowest BCUT2D eigenvalue weighted by Crippen LogP contribution is -2.38. The van der Waals surface area contributed by atoms with E-state index in [9.17, 15) is 0 Å². The van der Waals surface area contributed by atoms with Gasteiger partial charge < -0.3 is 15.4 Å². The summed E-state index contributed by atoms with van der Waals surface area (Å²) in [4.78, 5) is 10.3. The van der Waals surface area contributed by atoms with Crippen molar-refractivity contribution >= 4 is 17.3 Å². The average molecular weight is 298 g/mol. The van der Waals surface area contributed by atoms with Crippen molar-refractivity contribution in [3.63, 3.8) is 0 Å². The topological polar surface area (TPSA) is 58.5 Å². The van der Waals surface area contributed by atoms with Crippen molar-refractivity contribution in [1.82, 2.24) is 15.6 Å². The van der Waals surface area contributed by atoms with Gasteiger partial charge in [-0.3, -0.25) is 4.99 Å². The fourth-order valence-electron chi connectivity index (χ4n) is 1.66. The molecule has 0 aliphatic carbocycles. The lowest BCUT2D eigenvalue weighted by molar-refractivity contribution is 0.197. The van der Waals surface area contributed by atoms with Crippen LogP contribution in [0.1, 0.15) is 30.2 Å². The first-order valence-electron chi connectivity index (χ1n) is 7.24. The molecule has 0 radical (unpaired) electrons. The molecule has 0 aliphatic rings. The molecule has 114 valence electrons. The SMILES string of the molecule is CCNC(=NCCCOC)NCCc1ncc(CC)s1. The quantitative estimate of drug-likeness (QED) is 0.415. The predicted molar refractivity (Wildman–Crippen MR) is 85.7 cm³/mol. The number of hydrogen-bond donors (Lipinski definition) is 2. The molecule has 20 heavy (non-hydrogen) atoms. The first-order valence-corrected chi connectivity index (χ1v) is 8.06. The van der Waals surface area contributed by atoms with Crippen molar-refractivity contribution in [2.75, 3.05) is 33.4 Å². The highest BCUT2D eigenvalue weighted by molar-refractivity contribution is 7.11. The largest absolute Gasteiger partial charge is 0.385 e. The summed E-state index contributed by atoms with van der Waals surface area (Å²) < 4.78 is 5.02. The highest BCUT2D eigenvalue weighted by atomic mass is 32.1. The van der Waals surface area contributed by atoms with Crippen molar-refractivity contribution in [3.05, 3.63) is 16.1 Å². The molecule has 6 heteroatoms. The first-order chi connectivity index (χ1) is 9.80. The number of nitrogens with zero attached hydrogens (tertiary/aromatic N) is 2. The van der Waals surface area contributed by atoms with Gasteiger partial charge in [0.25, 0.3) is 0 Å². The lowest BCUT2D eigenvalue weighted by atomic mass is 10.4. The van der Waals surface area contributed by atoms with Crippen molar-refractivity contribution in [2.45, 2.75) is 33.1 Å². The molecule has 0 unspecified atom stereocenters. The minimum atomic E-state index is 0.752. The van der Waals surface area contributed by atoms with Gasteiger partial charge in [0.2, 0.25) is 0 Å². The van der Waals surface area contributed by atoms with Gasteiger partial charge >= 0.3 is 0 Å². The number of methoxy groups -OCH3 is 1. The van der Waals surface area contributed by atoms with Crippen LogP contribution in [0.5, 0.6) is 0 Å². The molecule has 5 nitrogen and oxygen atoms in total. The summed E-state index contributed by atoms with van der Waals surface area (Å²) in [6.07, 6.45) is 4.92. The van der Waals surface area contributed by atoms with E-state index in [4.69, 9.17) is 4.74 Å². The number of aryl methyl sites for hydroxylation is 1. The van der Waals surface area contributed by atoms with Gasteiger partial charge in [-0.2, -0.15) is 0 Å². The molecular weight excluding hydrogens is 272 g/mol. The molecule has 0 aliphatic heterocycles. The summed E-state index contributed by atoms with van der Waals surface area (Å²) >= 11 is 1.79. The molecule has 1 aromatic rings. The number of guanidine groups is 1. The Labute approximate surface area is 125 Å². The van der Waals surface area contributed by atoms with Gasteiger partial charge in [-0.05, 0) is 19.8 Å². The van der Waals surface area contributed by atoms with Crippen LogP contribution in [0, 0.1) is 0 Å². The second kappa shape index (κ2) is 10.6. The van der Waals surface area contributed by atoms with Crippen molar-refractivity contribution in [3.8, 4) is 0 Å². The number of aliphatic imine (C=N–C) groups is 1. The van der Waals surface area contributed by atoms with Crippen LogP contribution in [0.2, 0.25) is 0 Å². The van der Waals surface area contributed by atoms with E-state index in [1.54, 1.807) is 18.4 Å². The molecular formula is C14H26N4OS. The molecule has 1 aromatic heterocycles. The van der Waals surface area contributed by atoms with E-state index < -0.39 is 0 Å². The molecule has 2 N–H and O–H groups in total. The van der Waals surface area contributed by atoms with E-state index in [0.717, 1.165) is 51.5 Å². The van der Waals surface area contributed by atoms with Crippen LogP contribution in [-0.4, -0.2) is 44.3 Å². The van der Waals surface area contributed by atoms with Crippen LogP contribution in [0.15, 0.2) is 11.2 Å². The summed E-state index contributed by atoms with van der Waals surface area (Å²) in [5, 5.41) is 7.77. The Morgan fingerprint density at radius 2 is 2.25 bits per heavy atom. The second-order valence-electron chi connectivity index (χ2n) is 4.36. The Morgan fingerprint density at radius 3 is 2.90 bits per heavy atom. The standard InChI is InChI=1S/C14H26N4OS/c1-4-12-11-18-13(20-12)7-9-17-14(15-5-2)16-8-6-10-19-3/h11H,4-10H2,1-3H3,(H2,15,16,17). The molecule has 0 atom stereocenters. The average Bonchev–Trinajstić information content (AvgIpc) is 2.91. The summed E-state index contributed by atoms with van der Waals surface area (Å²) in [5.74, 6) is 0.871. The van der Waals surface area contributed by atoms with Crippen LogP contribution in [0.4, 0.5) is 0 Å². The predicted octanol–water partition coefficient (Wildman–Crippen LogP) is 1.84. The molecule has 1 rings (SSSR count). The lowest BCUT2D eigenvalue weighted by Gasteiger charge is -2.10. The van der Waals surface area contributed by atoms with E-state index in [2.05, 4.69) is 34.5 Å². The number of aromatic nitrogens is 1. The first kappa shape index (κ1) is 16.9. The minimum Gasteiger partial charge on any atom is -0.385 e. The summed E-state index contributed by atoms with van der Waals surface area (Å²) in [6, 6.07) is 0. The van der Waals surface area contributed by atoms with Gasteiger partial charge in [0.05, 0.1) is 5.01 Å². The van der Waals surface area contributed by atoms with Gasteiger partial charge in [-0.1, -0.05) is 6.92 Å². The molecule has 0 bridgehead atoms. The highest BCUT2D eigenvalue weighted by Gasteiger charge is 2.01.